The van der Waals surface area contributed by atoms with E-state index in [1.54, 1.807) is 12.2 Å². The zero-order valence-corrected chi connectivity index (χ0v) is 17.9. The van der Waals surface area contributed by atoms with Gasteiger partial charge in [0.2, 0.25) is 0 Å². The number of aliphatic hydroxyl groups excluding tert-OH is 2. The van der Waals surface area contributed by atoms with Gasteiger partial charge < -0.3 is 14.9 Å². The van der Waals surface area contributed by atoms with Crippen LogP contribution in [0.15, 0.2) is 81.7 Å². The number of allylic oxidation sites excluding steroid dienone is 9. The molecule has 3 heteroatoms. The zero-order chi connectivity index (χ0) is 21.3. The molecule has 0 fully saturated rings. The van der Waals surface area contributed by atoms with Crippen molar-refractivity contribution >= 4 is 0 Å². The molecule has 3 rings (SSSR count). The van der Waals surface area contributed by atoms with Crippen molar-refractivity contribution in [3.63, 3.8) is 0 Å². The summed E-state index contributed by atoms with van der Waals surface area (Å²) in [6.07, 6.45) is 25.7. The minimum absolute atomic E-state index is 0.0824. The Bertz CT molecular complexity index is 897. The second-order valence-corrected chi connectivity index (χ2v) is 7.95. The van der Waals surface area contributed by atoms with Gasteiger partial charge in [0.1, 0.15) is 5.76 Å². The fourth-order valence-corrected chi connectivity index (χ4v) is 4.47. The second-order valence-electron chi connectivity index (χ2n) is 7.95. The Morgan fingerprint density at radius 1 is 1.23 bits per heavy atom. The van der Waals surface area contributed by atoms with Crippen molar-refractivity contribution in [1.29, 1.82) is 0 Å². The second kappa shape index (κ2) is 11.0. The molecular formula is C27H32O3. The SMILES string of the molecule is C#C/C=C1/C(CC2C=CC(CCO)=CC2)=C(C2=C(C)C=CCC2)CCO/C1=C/CO. The van der Waals surface area contributed by atoms with E-state index >= 15 is 0 Å². The highest BCUT2D eigenvalue weighted by molar-refractivity contribution is 5.57. The normalized spacial score (nSPS) is 24.7. The Labute approximate surface area is 180 Å². The molecule has 0 saturated carbocycles. The third-order valence-corrected chi connectivity index (χ3v) is 5.97. The van der Waals surface area contributed by atoms with Gasteiger partial charge in [0.25, 0.3) is 0 Å². The van der Waals surface area contributed by atoms with E-state index < -0.39 is 0 Å². The molecule has 0 saturated heterocycles. The van der Waals surface area contributed by atoms with Crippen LogP contribution in [0.2, 0.25) is 0 Å². The maximum absolute atomic E-state index is 9.53. The maximum Gasteiger partial charge on any atom is 0.125 e. The molecule has 0 aromatic rings. The van der Waals surface area contributed by atoms with Crippen molar-refractivity contribution in [2.45, 2.75) is 45.4 Å². The van der Waals surface area contributed by atoms with Gasteiger partial charge in [-0.05, 0) is 79.4 Å². The van der Waals surface area contributed by atoms with Crippen molar-refractivity contribution in [3.05, 3.63) is 81.7 Å². The monoisotopic (exact) mass is 404 g/mol. The average molecular weight is 405 g/mol. The van der Waals surface area contributed by atoms with Crippen LogP contribution in [-0.4, -0.2) is 30.0 Å². The molecule has 0 amide bonds. The van der Waals surface area contributed by atoms with Gasteiger partial charge in [-0.15, -0.1) is 6.42 Å². The molecule has 1 atom stereocenters. The van der Waals surface area contributed by atoms with Crippen molar-refractivity contribution < 1.29 is 14.9 Å². The van der Waals surface area contributed by atoms with Crippen LogP contribution in [0.1, 0.15) is 45.4 Å². The summed E-state index contributed by atoms with van der Waals surface area (Å²) >= 11 is 0. The minimum Gasteiger partial charge on any atom is -0.493 e. The number of hydrogen-bond acceptors (Lipinski definition) is 3. The first-order valence-corrected chi connectivity index (χ1v) is 10.9. The smallest absolute Gasteiger partial charge is 0.125 e. The lowest BCUT2D eigenvalue weighted by Gasteiger charge is -2.24. The quantitative estimate of drug-likeness (QED) is 0.607. The molecule has 3 nitrogen and oxygen atoms in total. The molecule has 1 aliphatic heterocycles. The molecule has 158 valence electrons. The Morgan fingerprint density at radius 3 is 2.77 bits per heavy atom. The minimum atomic E-state index is -0.0824. The first kappa shape index (κ1) is 22.2. The van der Waals surface area contributed by atoms with E-state index in [0.29, 0.717) is 24.7 Å². The predicted molar refractivity (Wildman–Crippen MR) is 122 cm³/mol. The van der Waals surface area contributed by atoms with Crippen LogP contribution < -0.4 is 0 Å². The number of ether oxygens (including phenoxy) is 1. The van der Waals surface area contributed by atoms with Gasteiger partial charge >= 0.3 is 0 Å². The summed E-state index contributed by atoms with van der Waals surface area (Å²) in [5.41, 5.74) is 7.42. The van der Waals surface area contributed by atoms with E-state index in [1.807, 2.05) is 0 Å². The van der Waals surface area contributed by atoms with E-state index in [9.17, 15) is 10.2 Å². The van der Waals surface area contributed by atoms with E-state index in [4.69, 9.17) is 11.2 Å². The lowest BCUT2D eigenvalue weighted by Crippen LogP contribution is -2.09. The summed E-state index contributed by atoms with van der Waals surface area (Å²) in [6, 6.07) is 0. The van der Waals surface area contributed by atoms with Crippen molar-refractivity contribution in [2.75, 3.05) is 19.8 Å². The number of aliphatic hydroxyl groups is 2. The van der Waals surface area contributed by atoms with Crippen LogP contribution in [0.25, 0.3) is 0 Å². The van der Waals surface area contributed by atoms with Crippen LogP contribution in [0.4, 0.5) is 0 Å². The predicted octanol–water partition coefficient (Wildman–Crippen LogP) is 5.08. The van der Waals surface area contributed by atoms with E-state index in [2.05, 4.69) is 43.2 Å². The summed E-state index contributed by atoms with van der Waals surface area (Å²) < 4.78 is 6.03. The van der Waals surface area contributed by atoms with E-state index in [0.717, 1.165) is 37.7 Å². The number of rotatable bonds is 6. The van der Waals surface area contributed by atoms with Crippen molar-refractivity contribution in [2.24, 2.45) is 5.92 Å². The lowest BCUT2D eigenvalue weighted by molar-refractivity contribution is 0.223. The van der Waals surface area contributed by atoms with Crippen LogP contribution in [-0.2, 0) is 4.74 Å². The Kier molecular flexibility index (Phi) is 8.13. The van der Waals surface area contributed by atoms with Crippen LogP contribution >= 0.6 is 0 Å². The van der Waals surface area contributed by atoms with Gasteiger partial charge in [0, 0.05) is 18.6 Å². The molecule has 0 aromatic heterocycles. The third kappa shape index (κ3) is 5.33. The number of terminal acetylenes is 1. The molecule has 2 N–H and O–H groups in total. The summed E-state index contributed by atoms with van der Waals surface area (Å²) in [7, 11) is 0. The molecule has 2 aliphatic carbocycles. The first-order valence-electron chi connectivity index (χ1n) is 10.9. The highest BCUT2D eigenvalue weighted by Gasteiger charge is 2.26. The van der Waals surface area contributed by atoms with Crippen molar-refractivity contribution in [1.82, 2.24) is 0 Å². The van der Waals surface area contributed by atoms with Crippen LogP contribution in [0, 0.1) is 18.3 Å². The van der Waals surface area contributed by atoms with E-state index in [-0.39, 0.29) is 13.2 Å². The summed E-state index contributed by atoms with van der Waals surface area (Å²) in [6.45, 7) is 2.86. The lowest BCUT2D eigenvalue weighted by atomic mass is 9.80. The van der Waals surface area contributed by atoms with E-state index in [1.165, 1.54) is 27.9 Å². The summed E-state index contributed by atoms with van der Waals surface area (Å²) in [5, 5.41) is 18.7. The molecule has 1 unspecified atom stereocenters. The Balaban J connectivity index is 2.04. The standard InChI is InChI=1S/C27H32O3/c1-3-6-25-26(19-22-11-9-21(10-12-22)13-16-28)24(15-18-30-27(25)14-17-29)23-8-5-4-7-20(23)2/h1,4,6-7,9-11,14,22,28-29H,5,8,12-13,15-19H2,2H3/b25-6-,27-14+. The molecule has 0 spiro atoms. The van der Waals surface area contributed by atoms with Gasteiger partial charge in [-0.3, -0.25) is 0 Å². The highest BCUT2D eigenvalue weighted by Crippen LogP contribution is 2.40. The molecule has 0 radical (unpaired) electrons. The van der Waals surface area contributed by atoms with Gasteiger partial charge in [0.05, 0.1) is 13.2 Å². The third-order valence-electron chi connectivity index (χ3n) is 5.97. The number of hydrogen-bond donors (Lipinski definition) is 2. The summed E-state index contributed by atoms with van der Waals surface area (Å²) in [5.74, 6) is 3.74. The van der Waals surface area contributed by atoms with Gasteiger partial charge in [0.15, 0.2) is 0 Å². The topological polar surface area (TPSA) is 49.7 Å². The van der Waals surface area contributed by atoms with Gasteiger partial charge in [-0.2, -0.15) is 0 Å². The van der Waals surface area contributed by atoms with Gasteiger partial charge in [-0.25, -0.2) is 0 Å². The Morgan fingerprint density at radius 2 is 2.10 bits per heavy atom. The molecule has 0 aromatic carbocycles. The van der Waals surface area contributed by atoms with Crippen LogP contribution in [0.5, 0.6) is 0 Å². The zero-order valence-electron chi connectivity index (χ0n) is 17.9. The summed E-state index contributed by atoms with van der Waals surface area (Å²) in [4.78, 5) is 0. The fourth-order valence-electron chi connectivity index (χ4n) is 4.47. The molecule has 1 heterocycles. The molecule has 0 bridgehead atoms. The maximum atomic E-state index is 9.53. The largest absolute Gasteiger partial charge is 0.493 e. The molecule has 30 heavy (non-hydrogen) atoms. The van der Waals surface area contributed by atoms with Crippen LogP contribution in [0.3, 0.4) is 0 Å². The highest BCUT2D eigenvalue weighted by atomic mass is 16.5. The fraction of sp³-hybridized carbons (Fsp3) is 0.407. The molecule has 3 aliphatic rings. The first-order chi connectivity index (χ1) is 14.7. The average Bonchev–Trinajstić information content (AvgIpc) is 2.91. The molecular weight excluding hydrogens is 372 g/mol. The Hall–Kier alpha value is -2.54. The van der Waals surface area contributed by atoms with Crippen molar-refractivity contribution in [3.8, 4) is 12.3 Å². The van der Waals surface area contributed by atoms with Gasteiger partial charge in [-0.1, -0.05) is 41.9 Å².